The summed E-state index contributed by atoms with van der Waals surface area (Å²) < 4.78 is 20.0. The van der Waals surface area contributed by atoms with Gasteiger partial charge in [-0.15, -0.1) is 0 Å². The molecule has 0 aromatic heterocycles. The van der Waals surface area contributed by atoms with E-state index in [0.29, 0.717) is 23.5 Å². The van der Waals surface area contributed by atoms with Crippen LogP contribution in [0.1, 0.15) is 51.9 Å². The summed E-state index contributed by atoms with van der Waals surface area (Å²) in [6.45, 7) is 2.32. The molecule has 7 heteroatoms. The molecule has 5 N–H and O–H groups in total. The van der Waals surface area contributed by atoms with E-state index in [2.05, 4.69) is 6.92 Å². The Labute approximate surface area is 139 Å². The molecule has 23 heavy (non-hydrogen) atoms. The number of hydrogen-bond acceptors (Lipinski definition) is 5. The first-order chi connectivity index (χ1) is 10.7. The second-order valence-electron chi connectivity index (χ2n) is 7.16. The van der Waals surface area contributed by atoms with E-state index < -0.39 is 21.7 Å². The summed E-state index contributed by atoms with van der Waals surface area (Å²) in [6, 6.07) is -1.02. The van der Waals surface area contributed by atoms with E-state index in [1.165, 1.54) is 19.3 Å². The third kappa shape index (κ3) is 8.13. The Bertz CT molecular complexity index is 467. The molecule has 0 bridgehead atoms. The van der Waals surface area contributed by atoms with Gasteiger partial charge in [0.2, 0.25) is 0 Å². The highest BCUT2D eigenvalue weighted by Crippen LogP contribution is 2.37. The standard InChI is InChI=1S/C16H32N2O4S/c1-12(11-19)9-14-5-4-13(10-14)3-2-7-23(18,22)8-6-15(17)16(20)21/h12-15,18-19H,2-11,17H2,1H3,(H,20,21)/t12-,13+,14+,15-,23?/m0/s1. The summed E-state index contributed by atoms with van der Waals surface area (Å²) in [5, 5.41) is 17.8. The lowest BCUT2D eigenvalue weighted by molar-refractivity contribution is -0.138. The van der Waals surface area contributed by atoms with Crippen molar-refractivity contribution in [2.45, 2.75) is 57.9 Å². The number of nitrogens with one attached hydrogen (secondary N) is 1. The molecule has 1 aliphatic carbocycles. The predicted molar refractivity (Wildman–Crippen MR) is 91.8 cm³/mol. The summed E-state index contributed by atoms with van der Waals surface area (Å²) in [7, 11) is -2.71. The number of rotatable bonds is 11. The van der Waals surface area contributed by atoms with E-state index in [1.807, 2.05) is 0 Å². The predicted octanol–water partition coefficient (Wildman–Crippen LogP) is 2.05. The van der Waals surface area contributed by atoms with E-state index in [4.69, 9.17) is 20.7 Å². The fourth-order valence-corrected chi connectivity index (χ4v) is 4.92. The number of hydrogen-bond donors (Lipinski definition) is 4. The average Bonchev–Trinajstić information content (AvgIpc) is 2.91. The van der Waals surface area contributed by atoms with E-state index in [1.54, 1.807) is 0 Å². The molecule has 0 saturated heterocycles. The summed E-state index contributed by atoms with van der Waals surface area (Å²) >= 11 is 0. The van der Waals surface area contributed by atoms with Gasteiger partial charge in [-0.1, -0.05) is 19.8 Å². The number of carboxylic acid groups (broad SMARTS) is 1. The van der Waals surface area contributed by atoms with Gasteiger partial charge >= 0.3 is 5.97 Å². The summed E-state index contributed by atoms with van der Waals surface area (Å²) in [5.41, 5.74) is 5.39. The van der Waals surface area contributed by atoms with Crippen LogP contribution in [0.3, 0.4) is 0 Å². The molecule has 1 fully saturated rings. The molecule has 0 amide bonds. The van der Waals surface area contributed by atoms with E-state index in [9.17, 15) is 9.00 Å². The maximum absolute atomic E-state index is 12.1. The van der Waals surface area contributed by atoms with Crippen molar-refractivity contribution >= 4 is 15.7 Å². The van der Waals surface area contributed by atoms with Crippen molar-refractivity contribution in [3.63, 3.8) is 0 Å². The number of carboxylic acids is 1. The Balaban J connectivity index is 2.22. The largest absolute Gasteiger partial charge is 0.480 e. The van der Waals surface area contributed by atoms with Crippen molar-refractivity contribution in [1.29, 1.82) is 4.78 Å². The topological polar surface area (TPSA) is 124 Å². The van der Waals surface area contributed by atoms with Crippen LogP contribution in [0.15, 0.2) is 0 Å². The zero-order chi connectivity index (χ0) is 17.5. The smallest absolute Gasteiger partial charge is 0.320 e. The Hall–Kier alpha value is -0.660. The highest BCUT2D eigenvalue weighted by molar-refractivity contribution is 7.92. The molecule has 0 aromatic rings. The van der Waals surface area contributed by atoms with Crippen molar-refractivity contribution in [3.05, 3.63) is 0 Å². The first-order valence-corrected chi connectivity index (χ1v) is 10.5. The zero-order valence-electron chi connectivity index (χ0n) is 14.1. The van der Waals surface area contributed by atoms with Gasteiger partial charge < -0.3 is 15.9 Å². The fraction of sp³-hybridized carbons (Fsp3) is 0.938. The Morgan fingerprint density at radius 3 is 2.61 bits per heavy atom. The second-order valence-corrected chi connectivity index (χ2v) is 9.60. The summed E-state index contributed by atoms with van der Waals surface area (Å²) in [4.78, 5) is 10.6. The Morgan fingerprint density at radius 1 is 1.35 bits per heavy atom. The van der Waals surface area contributed by atoms with Crippen LogP contribution in [-0.4, -0.2) is 44.5 Å². The van der Waals surface area contributed by atoms with E-state index in [-0.39, 0.29) is 18.8 Å². The van der Waals surface area contributed by atoms with Gasteiger partial charge in [0.05, 0.1) is 0 Å². The molecular formula is C16H32N2O4S. The minimum Gasteiger partial charge on any atom is -0.480 e. The normalized spacial score (nSPS) is 26.6. The molecule has 1 saturated carbocycles. The van der Waals surface area contributed by atoms with Gasteiger partial charge in [-0.2, -0.15) is 0 Å². The molecule has 6 nitrogen and oxygen atoms in total. The lowest BCUT2D eigenvalue weighted by atomic mass is 9.93. The number of aliphatic carboxylic acids is 1. The van der Waals surface area contributed by atoms with Crippen LogP contribution in [0, 0.1) is 22.5 Å². The highest BCUT2D eigenvalue weighted by atomic mass is 32.2. The van der Waals surface area contributed by atoms with Gasteiger partial charge in [0, 0.05) is 27.8 Å². The van der Waals surface area contributed by atoms with Gasteiger partial charge in [-0.3, -0.25) is 9.57 Å². The quantitative estimate of drug-likeness (QED) is 0.455. The number of aliphatic hydroxyl groups is 1. The van der Waals surface area contributed by atoms with Crippen LogP contribution >= 0.6 is 0 Å². The Kier molecular flexibility index (Phi) is 8.50. The molecule has 0 aliphatic heterocycles. The minimum absolute atomic E-state index is 0.0712. The molecule has 5 atom stereocenters. The third-order valence-corrected chi connectivity index (χ3v) is 6.70. The number of aliphatic hydroxyl groups excluding tert-OH is 1. The van der Waals surface area contributed by atoms with Crippen molar-refractivity contribution in [2.24, 2.45) is 23.5 Å². The first kappa shape index (κ1) is 20.4. The average molecular weight is 349 g/mol. The molecular weight excluding hydrogens is 316 g/mol. The monoisotopic (exact) mass is 348 g/mol. The van der Waals surface area contributed by atoms with Crippen LogP contribution < -0.4 is 5.73 Å². The fourth-order valence-electron chi connectivity index (χ4n) is 3.45. The number of nitrogens with two attached hydrogens (primary N) is 1. The molecule has 136 valence electrons. The van der Waals surface area contributed by atoms with Gasteiger partial charge in [0.25, 0.3) is 0 Å². The lowest BCUT2D eigenvalue weighted by Gasteiger charge is -2.15. The van der Waals surface area contributed by atoms with Crippen molar-refractivity contribution < 1.29 is 19.2 Å². The highest BCUT2D eigenvalue weighted by Gasteiger charge is 2.25. The first-order valence-electron chi connectivity index (χ1n) is 8.57. The van der Waals surface area contributed by atoms with Gasteiger partial charge in [0.15, 0.2) is 0 Å². The van der Waals surface area contributed by atoms with E-state index in [0.717, 1.165) is 19.3 Å². The molecule has 0 heterocycles. The van der Waals surface area contributed by atoms with Crippen molar-refractivity contribution in [1.82, 2.24) is 0 Å². The summed E-state index contributed by atoms with van der Waals surface area (Å²) in [5.74, 6) is 1.01. The summed E-state index contributed by atoms with van der Waals surface area (Å²) in [6.07, 6.45) is 6.50. The molecule has 1 unspecified atom stereocenters. The van der Waals surface area contributed by atoms with Crippen LogP contribution in [0.2, 0.25) is 0 Å². The molecule has 0 spiro atoms. The van der Waals surface area contributed by atoms with Gasteiger partial charge in [0.1, 0.15) is 6.04 Å². The molecule has 0 aromatic carbocycles. The maximum Gasteiger partial charge on any atom is 0.320 e. The SMILES string of the molecule is C[C@H](CO)C[C@H]1CC[C@@H](CCCS(=N)(=O)CC[C@H](N)C(=O)O)C1. The molecule has 1 rings (SSSR count). The second kappa shape index (κ2) is 9.59. The zero-order valence-corrected chi connectivity index (χ0v) is 14.9. The van der Waals surface area contributed by atoms with Crippen molar-refractivity contribution in [2.75, 3.05) is 18.1 Å². The molecule has 0 radical (unpaired) electrons. The number of carbonyl (C=O) groups is 1. The van der Waals surface area contributed by atoms with Crippen LogP contribution in [0.4, 0.5) is 0 Å². The lowest BCUT2D eigenvalue weighted by Crippen LogP contribution is -2.32. The van der Waals surface area contributed by atoms with Crippen LogP contribution in [0.25, 0.3) is 0 Å². The van der Waals surface area contributed by atoms with E-state index >= 15 is 0 Å². The Morgan fingerprint density at radius 2 is 2.00 bits per heavy atom. The third-order valence-electron chi connectivity index (χ3n) is 4.86. The minimum atomic E-state index is -2.71. The maximum atomic E-state index is 12.1. The van der Waals surface area contributed by atoms with Gasteiger partial charge in [-0.25, -0.2) is 4.21 Å². The van der Waals surface area contributed by atoms with Crippen molar-refractivity contribution in [3.8, 4) is 0 Å². The molecule has 1 aliphatic rings. The van der Waals surface area contributed by atoms with Crippen LogP contribution in [0.5, 0.6) is 0 Å². The van der Waals surface area contributed by atoms with Gasteiger partial charge in [-0.05, 0) is 49.9 Å². The van der Waals surface area contributed by atoms with Crippen LogP contribution in [-0.2, 0) is 14.5 Å².